The zero-order valence-corrected chi connectivity index (χ0v) is 13.2. The van der Waals surface area contributed by atoms with Crippen LogP contribution in [0.1, 0.15) is 32.1 Å². The number of carbonyl (C=O) groups excluding carboxylic acids is 2. The molecule has 0 aliphatic rings. The van der Waals surface area contributed by atoms with Gasteiger partial charge in [0.1, 0.15) is 5.78 Å². The van der Waals surface area contributed by atoms with Crippen molar-refractivity contribution in [2.24, 2.45) is 22.2 Å². The van der Waals surface area contributed by atoms with Crippen LogP contribution in [0.5, 0.6) is 0 Å². The Kier molecular flexibility index (Phi) is 10.3. The molecule has 138 valence electrons. The molecule has 0 radical (unpaired) electrons. The van der Waals surface area contributed by atoms with Gasteiger partial charge in [-0.1, -0.05) is 0 Å². The van der Waals surface area contributed by atoms with Gasteiger partial charge in [-0.2, -0.15) is 0 Å². The van der Waals surface area contributed by atoms with Gasteiger partial charge >= 0.3 is 5.97 Å². The minimum Gasteiger partial charge on any atom is -0.481 e. The Morgan fingerprint density at radius 3 is 2.25 bits per heavy atom. The van der Waals surface area contributed by atoms with Crippen LogP contribution in [0.3, 0.4) is 0 Å². The summed E-state index contributed by atoms with van der Waals surface area (Å²) in [5.41, 5.74) is 16.0. The topological polar surface area (TPSA) is 214 Å². The Morgan fingerprint density at radius 1 is 1.12 bits per heavy atom. The van der Waals surface area contributed by atoms with Crippen LogP contribution in [0, 0.1) is 0 Å². The maximum atomic E-state index is 11.8. The average molecular weight is 347 g/mol. The molecule has 0 unspecified atom stereocenters. The first-order chi connectivity index (χ1) is 11.1. The van der Waals surface area contributed by atoms with Crippen LogP contribution in [0.25, 0.3) is 0 Å². The van der Waals surface area contributed by atoms with Crippen molar-refractivity contribution >= 4 is 23.6 Å². The monoisotopic (exact) mass is 347 g/mol. The zero-order chi connectivity index (χ0) is 18.7. The lowest BCUT2D eigenvalue weighted by atomic mass is 10.0. The lowest BCUT2D eigenvalue weighted by Crippen LogP contribution is -2.45. The van der Waals surface area contributed by atoms with Crippen LogP contribution in [0.15, 0.2) is 4.99 Å². The second-order valence-electron chi connectivity index (χ2n) is 5.21. The number of hydrogen-bond donors (Lipinski definition) is 7. The number of carbonyl (C=O) groups is 3. The molecular weight excluding hydrogens is 322 g/mol. The van der Waals surface area contributed by atoms with Crippen molar-refractivity contribution in [1.29, 1.82) is 0 Å². The van der Waals surface area contributed by atoms with Gasteiger partial charge in [0.05, 0.1) is 18.5 Å². The van der Waals surface area contributed by atoms with Gasteiger partial charge in [-0.3, -0.25) is 19.4 Å². The van der Waals surface area contributed by atoms with Crippen molar-refractivity contribution in [3.05, 3.63) is 0 Å². The van der Waals surface area contributed by atoms with E-state index in [1.54, 1.807) is 0 Å². The van der Waals surface area contributed by atoms with E-state index in [9.17, 15) is 14.4 Å². The van der Waals surface area contributed by atoms with Crippen LogP contribution in [0.4, 0.5) is 0 Å². The molecular formula is C13H25N5O6. The number of aliphatic imine (C=N–C) groups is 1. The first-order valence-electron chi connectivity index (χ1n) is 7.34. The molecule has 0 aliphatic carbocycles. The number of aliphatic hydroxyl groups is 2. The Labute approximate surface area is 138 Å². The third kappa shape index (κ3) is 10.5. The summed E-state index contributed by atoms with van der Waals surface area (Å²) in [6.45, 7) is 0.342. The van der Waals surface area contributed by atoms with E-state index in [1.807, 2.05) is 0 Å². The van der Waals surface area contributed by atoms with Gasteiger partial charge in [-0.05, 0) is 12.8 Å². The number of carboxylic acid groups (broad SMARTS) is 1. The summed E-state index contributed by atoms with van der Waals surface area (Å²) in [5.74, 6) is -2.36. The van der Waals surface area contributed by atoms with Gasteiger partial charge in [0, 0.05) is 19.4 Å². The molecule has 0 heterocycles. The lowest BCUT2D eigenvalue weighted by molar-refractivity contribution is -0.143. The van der Waals surface area contributed by atoms with Crippen molar-refractivity contribution in [1.82, 2.24) is 5.32 Å². The third-order valence-electron chi connectivity index (χ3n) is 3.08. The Bertz CT molecular complexity index is 464. The van der Waals surface area contributed by atoms with Crippen LogP contribution < -0.4 is 22.5 Å². The first-order valence-corrected chi connectivity index (χ1v) is 7.34. The molecule has 0 aromatic rings. The third-order valence-corrected chi connectivity index (χ3v) is 3.08. The van der Waals surface area contributed by atoms with Crippen molar-refractivity contribution < 1.29 is 29.7 Å². The van der Waals surface area contributed by atoms with Gasteiger partial charge in [0.2, 0.25) is 5.91 Å². The number of nitrogens with one attached hydrogen (secondary N) is 1. The van der Waals surface area contributed by atoms with Crippen molar-refractivity contribution in [3.8, 4) is 0 Å². The van der Waals surface area contributed by atoms with E-state index in [0.29, 0.717) is 19.4 Å². The molecule has 11 nitrogen and oxygen atoms in total. The van der Waals surface area contributed by atoms with Crippen LogP contribution in [0.2, 0.25) is 0 Å². The fraction of sp³-hybridized carbons (Fsp3) is 0.692. The Hall–Kier alpha value is -2.24. The van der Waals surface area contributed by atoms with Crippen molar-refractivity contribution in [3.63, 3.8) is 0 Å². The molecule has 0 aromatic heterocycles. The van der Waals surface area contributed by atoms with Gasteiger partial charge in [-0.15, -0.1) is 0 Å². The molecule has 10 N–H and O–H groups in total. The summed E-state index contributed by atoms with van der Waals surface area (Å²) in [6.07, 6.45) is -2.18. The molecule has 11 heteroatoms. The van der Waals surface area contributed by atoms with E-state index < -0.39 is 36.7 Å². The first kappa shape index (κ1) is 21.8. The highest BCUT2D eigenvalue weighted by atomic mass is 16.5. The number of carboxylic acids is 1. The normalized spacial score (nSPS) is 13.2. The zero-order valence-electron chi connectivity index (χ0n) is 13.2. The molecule has 0 spiro atoms. The summed E-state index contributed by atoms with van der Waals surface area (Å²) < 4.78 is 0. The summed E-state index contributed by atoms with van der Waals surface area (Å²) in [6, 6.07) is -2.11. The van der Waals surface area contributed by atoms with Crippen molar-refractivity contribution in [2.45, 2.75) is 50.5 Å². The maximum Gasteiger partial charge on any atom is 0.305 e. The number of hydrogen-bond acceptors (Lipinski definition) is 7. The summed E-state index contributed by atoms with van der Waals surface area (Å²) in [5, 5.41) is 28.7. The van der Waals surface area contributed by atoms with E-state index in [4.69, 9.17) is 32.5 Å². The van der Waals surface area contributed by atoms with Gasteiger partial charge < -0.3 is 37.8 Å². The number of rotatable bonds is 12. The number of guanidine groups is 1. The summed E-state index contributed by atoms with van der Waals surface area (Å²) in [4.78, 5) is 37.7. The molecule has 1 amide bonds. The van der Waals surface area contributed by atoms with Crippen molar-refractivity contribution in [2.75, 3.05) is 6.54 Å². The molecule has 0 saturated carbocycles. The second kappa shape index (κ2) is 11.3. The fourth-order valence-electron chi connectivity index (χ4n) is 1.80. The molecule has 0 rings (SSSR count). The maximum absolute atomic E-state index is 11.8. The van der Waals surface area contributed by atoms with Crippen LogP contribution in [-0.4, -0.2) is 63.9 Å². The van der Waals surface area contributed by atoms with E-state index in [0.717, 1.165) is 0 Å². The molecule has 0 aliphatic heterocycles. The van der Waals surface area contributed by atoms with E-state index in [2.05, 4.69) is 10.3 Å². The number of nitrogens with zero attached hydrogens (tertiary/aromatic N) is 1. The fourth-order valence-corrected chi connectivity index (χ4v) is 1.80. The minimum atomic E-state index is -2.02. The minimum absolute atomic E-state index is 0.0476. The van der Waals surface area contributed by atoms with E-state index in [-0.39, 0.29) is 24.6 Å². The van der Waals surface area contributed by atoms with Gasteiger partial charge in [0.25, 0.3) is 0 Å². The molecule has 24 heavy (non-hydrogen) atoms. The highest BCUT2D eigenvalue weighted by molar-refractivity contribution is 5.88. The lowest BCUT2D eigenvalue weighted by Gasteiger charge is -2.18. The van der Waals surface area contributed by atoms with Crippen LogP contribution in [-0.2, 0) is 14.4 Å². The van der Waals surface area contributed by atoms with Gasteiger partial charge in [-0.25, -0.2) is 0 Å². The quantitative estimate of drug-likeness (QED) is 0.0826. The number of aliphatic carboxylic acids is 1. The molecule has 2 atom stereocenters. The SMILES string of the molecule is NC(N)=NCCC[C@@H](N)C(=O)CCC(=O)N[C@H](CC(=O)O)C(O)O. The standard InChI is InChI=1S/C13H25N5O6/c14-7(2-1-5-17-13(15)16)9(19)3-4-10(20)18-8(12(23)24)6-11(21)22/h7-8,12,23-24H,1-6,14H2,(H,18,20)(H,21,22)(H4,15,16,17)/t7-,8-/m1/s1. The summed E-state index contributed by atoms with van der Waals surface area (Å²) >= 11 is 0. The highest BCUT2D eigenvalue weighted by Gasteiger charge is 2.23. The molecule has 0 aromatic carbocycles. The predicted octanol–water partition coefficient (Wildman–Crippen LogP) is -3.01. The molecule has 0 saturated heterocycles. The number of aliphatic hydroxyl groups excluding tert-OH is 1. The largest absolute Gasteiger partial charge is 0.481 e. The molecule has 0 bridgehead atoms. The van der Waals surface area contributed by atoms with E-state index >= 15 is 0 Å². The number of ketones is 1. The molecule has 0 fully saturated rings. The predicted molar refractivity (Wildman–Crippen MR) is 84.5 cm³/mol. The number of Topliss-reactive ketones (excluding diaryl/α,β-unsaturated/α-hetero) is 1. The average Bonchev–Trinajstić information content (AvgIpc) is 2.47. The number of nitrogens with two attached hydrogens (primary N) is 3. The Balaban J connectivity index is 4.17. The Morgan fingerprint density at radius 2 is 1.75 bits per heavy atom. The van der Waals surface area contributed by atoms with Gasteiger partial charge in [0.15, 0.2) is 12.2 Å². The summed E-state index contributed by atoms with van der Waals surface area (Å²) in [7, 11) is 0. The van der Waals surface area contributed by atoms with Crippen LogP contribution >= 0.6 is 0 Å². The highest BCUT2D eigenvalue weighted by Crippen LogP contribution is 2.03. The smallest absolute Gasteiger partial charge is 0.305 e. The number of amides is 1. The van der Waals surface area contributed by atoms with E-state index in [1.165, 1.54) is 0 Å². The second-order valence-corrected chi connectivity index (χ2v) is 5.21.